The molecular weight excluding hydrogens is 464 g/mol. The summed E-state index contributed by atoms with van der Waals surface area (Å²) in [6, 6.07) is 4.61. The van der Waals surface area contributed by atoms with Crippen molar-refractivity contribution >= 4 is 21.6 Å². The standard InChI is InChI=1S/C20H21F2N3O7S/c1-3-32-19-12-17(25(27)28)14(11-18(19)31-2)20(26)23-6-8-24(9-7-23)33(29,30)13-4-5-15(21)16(22)10-13/h4-5,10-12H,3,6-9H2,1-2H3. The fourth-order valence-electron chi connectivity index (χ4n) is 3.39. The molecule has 3 rings (SSSR count). The lowest BCUT2D eigenvalue weighted by molar-refractivity contribution is -0.385. The van der Waals surface area contributed by atoms with Gasteiger partial charge in [0.1, 0.15) is 5.56 Å². The molecule has 0 bridgehead atoms. The average Bonchev–Trinajstić information content (AvgIpc) is 2.80. The van der Waals surface area contributed by atoms with E-state index in [0.29, 0.717) is 6.07 Å². The molecule has 10 nitrogen and oxygen atoms in total. The Balaban J connectivity index is 1.81. The predicted molar refractivity (Wildman–Crippen MR) is 112 cm³/mol. The quantitative estimate of drug-likeness (QED) is 0.436. The summed E-state index contributed by atoms with van der Waals surface area (Å²) in [4.78, 5) is 24.7. The molecule has 1 aliphatic heterocycles. The number of amides is 1. The molecule has 0 radical (unpaired) electrons. The second kappa shape index (κ2) is 9.67. The van der Waals surface area contributed by atoms with E-state index in [1.165, 1.54) is 18.1 Å². The number of carbonyl (C=O) groups excluding carboxylic acids is 1. The number of nitro benzene ring substituents is 1. The smallest absolute Gasteiger partial charge is 0.286 e. The van der Waals surface area contributed by atoms with Crippen molar-refractivity contribution < 1.29 is 36.4 Å². The number of benzene rings is 2. The third-order valence-electron chi connectivity index (χ3n) is 5.06. The number of hydrogen-bond donors (Lipinski definition) is 0. The van der Waals surface area contributed by atoms with Crippen molar-refractivity contribution in [1.29, 1.82) is 0 Å². The van der Waals surface area contributed by atoms with Gasteiger partial charge in [-0.25, -0.2) is 17.2 Å². The van der Waals surface area contributed by atoms with Crippen LogP contribution in [0.4, 0.5) is 14.5 Å². The summed E-state index contributed by atoms with van der Waals surface area (Å²) in [5.74, 6) is -2.87. The highest BCUT2D eigenvalue weighted by atomic mass is 32.2. The van der Waals surface area contributed by atoms with E-state index in [1.54, 1.807) is 6.92 Å². The Labute approximate surface area is 188 Å². The molecule has 1 heterocycles. The van der Waals surface area contributed by atoms with Crippen molar-refractivity contribution in [1.82, 2.24) is 9.21 Å². The van der Waals surface area contributed by atoms with Crippen molar-refractivity contribution in [3.05, 3.63) is 57.6 Å². The summed E-state index contributed by atoms with van der Waals surface area (Å²) >= 11 is 0. The normalized spacial score (nSPS) is 14.7. The first-order valence-electron chi connectivity index (χ1n) is 9.83. The number of nitro groups is 1. The monoisotopic (exact) mass is 485 g/mol. The molecule has 0 aliphatic carbocycles. The van der Waals surface area contributed by atoms with Crippen molar-refractivity contribution in [3.63, 3.8) is 0 Å². The second-order valence-corrected chi connectivity index (χ2v) is 8.92. The van der Waals surface area contributed by atoms with Crippen LogP contribution in [0.15, 0.2) is 35.2 Å². The summed E-state index contributed by atoms with van der Waals surface area (Å²) in [6.07, 6.45) is 0. The summed E-state index contributed by atoms with van der Waals surface area (Å²) in [5, 5.41) is 11.6. The topological polar surface area (TPSA) is 119 Å². The Morgan fingerprint density at radius 2 is 1.76 bits per heavy atom. The van der Waals surface area contributed by atoms with Gasteiger partial charge in [-0.2, -0.15) is 4.31 Å². The number of carbonyl (C=O) groups is 1. The maximum atomic E-state index is 13.5. The van der Waals surface area contributed by atoms with Crippen molar-refractivity contribution in [2.24, 2.45) is 0 Å². The number of nitrogens with zero attached hydrogens (tertiary/aromatic N) is 3. The van der Waals surface area contributed by atoms with E-state index in [-0.39, 0.29) is 49.8 Å². The van der Waals surface area contributed by atoms with Gasteiger partial charge in [0.05, 0.1) is 29.6 Å². The Hall–Kier alpha value is -3.32. The molecule has 33 heavy (non-hydrogen) atoms. The number of ether oxygens (including phenoxy) is 2. The van der Waals surface area contributed by atoms with Gasteiger partial charge in [0.25, 0.3) is 11.6 Å². The Kier molecular flexibility index (Phi) is 7.12. The largest absolute Gasteiger partial charge is 0.493 e. The molecule has 0 saturated carbocycles. The van der Waals surface area contributed by atoms with Crippen LogP contribution in [0.25, 0.3) is 0 Å². The number of halogens is 2. The number of piperazine rings is 1. The third kappa shape index (κ3) is 4.88. The average molecular weight is 485 g/mol. The van der Waals surface area contributed by atoms with E-state index in [9.17, 15) is 32.1 Å². The highest BCUT2D eigenvalue weighted by molar-refractivity contribution is 7.89. The molecule has 2 aromatic rings. The van der Waals surface area contributed by atoms with Crippen LogP contribution in [0.5, 0.6) is 11.5 Å². The molecule has 0 spiro atoms. The number of rotatable bonds is 7. The van der Waals surface area contributed by atoms with Crippen molar-refractivity contribution in [3.8, 4) is 11.5 Å². The van der Waals surface area contributed by atoms with Gasteiger partial charge >= 0.3 is 0 Å². The van der Waals surface area contributed by atoms with Crippen LogP contribution in [-0.4, -0.2) is 68.3 Å². The van der Waals surface area contributed by atoms with Gasteiger partial charge in [0, 0.05) is 32.2 Å². The lowest BCUT2D eigenvalue weighted by atomic mass is 10.1. The first-order chi connectivity index (χ1) is 15.6. The van der Waals surface area contributed by atoms with E-state index in [4.69, 9.17) is 9.47 Å². The highest BCUT2D eigenvalue weighted by Gasteiger charge is 2.34. The summed E-state index contributed by atoms with van der Waals surface area (Å²) < 4.78 is 63.7. The fraction of sp³-hybridized carbons (Fsp3) is 0.350. The summed E-state index contributed by atoms with van der Waals surface area (Å²) in [7, 11) is -2.78. The number of sulfonamides is 1. The minimum Gasteiger partial charge on any atom is -0.493 e. The minimum atomic E-state index is -4.12. The Bertz CT molecular complexity index is 1180. The van der Waals surface area contributed by atoms with Gasteiger partial charge in [-0.15, -0.1) is 0 Å². The molecule has 178 valence electrons. The SMILES string of the molecule is CCOc1cc([N+](=O)[O-])c(C(=O)N2CCN(S(=O)(=O)c3ccc(F)c(F)c3)CC2)cc1OC. The van der Waals surface area contributed by atoms with Gasteiger partial charge in [0.15, 0.2) is 23.1 Å². The second-order valence-electron chi connectivity index (χ2n) is 6.98. The maximum absolute atomic E-state index is 13.5. The molecular formula is C20H21F2N3O7S. The van der Waals surface area contributed by atoms with Crippen LogP contribution in [0.3, 0.4) is 0 Å². The zero-order chi connectivity index (χ0) is 24.3. The molecule has 0 unspecified atom stereocenters. The van der Waals surface area contributed by atoms with Crippen LogP contribution in [0.2, 0.25) is 0 Å². The third-order valence-corrected chi connectivity index (χ3v) is 6.96. The lowest BCUT2D eigenvalue weighted by Crippen LogP contribution is -2.50. The fourth-order valence-corrected chi connectivity index (χ4v) is 4.82. The zero-order valence-electron chi connectivity index (χ0n) is 17.8. The van der Waals surface area contributed by atoms with E-state index >= 15 is 0 Å². The molecule has 1 saturated heterocycles. The molecule has 1 aliphatic rings. The predicted octanol–water partition coefficient (Wildman–Crippen LogP) is 2.43. The van der Waals surface area contributed by atoms with Gasteiger partial charge < -0.3 is 14.4 Å². The molecule has 2 aromatic carbocycles. The van der Waals surface area contributed by atoms with Gasteiger partial charge in [-0.1, -0.05) is 0 Å². The van der Waals surface area contributed by atoms with E-state index < -0.39 is 43.1 Å². The van der Waals surface area contributed by atoms with Gasteiger partial charge in [-0.05, 0) is 25.1 Å². The number of methoxy groups -OCH3 is 1. The summed E-state index contributed by atoms with van der Waals surface area (Å²) in [6.45, 7) is 1.54. The van der Waals surface area contributed by atoms with Crippen molar-refractivity contribution in [2.45, 2.75) is 11.8 Å². The molecule has 13 heteroatoms. The van der Waals surface area contributed by atoms with Crippen LogP contribution >= 0.6 is 0 Å². The lowest BCUT2D eigenvalue weighted by Gasteiger charge is -2.34. The summed E-state index contributed by atoms with van der Waals surface area (Å²) in [5.41, 5.74) is -0.696. The van der Waals surface area contributed by atoms with Crippen LogP contribution in [0, 0.1) is 21.7 Å². The van der Waals surface area contributed by atoms with Gasteiger partial charge in [0.2, 0.25) is 10.0 Å². The Morgan fingerprint density at radius 3 is 2.30 bits per heavy atom. The molecule has 0 atom stereocenters. The van der Waals surface area contributed by atoms with Crippen LogP contribution < -0.4 is 9.47 Å². The van der Waals surface area contributed by atoms with E-state index in [2.05, 4.69) is 0 Å². The molecule has 0 N–H and O–H groups in total. The minimum absolute atomic E-state index is 0.0611. The first kappa shape index (κ1) is 24.3. The molecule has 1 fully saturated rings. The molecule has 0 aromatic heterocycles. The van der Waals surface area contributed by atoms with Crippen LogP contribution in [-0.2, 0) is 10.0 Å². The highest BCUT2D eigenvalue weighted by Crippen LogP contribution is 2.35. The first-order valence-corrected chi connectivity index (χ1v) is 11.3. The number of hydrogen-bond acceptors (Lipinski definition) is 7. The Morgan fingerprint density at radius 1 is 1.09 bits per heavy atom. The molecule has 1 amide bonds. The van der Waals surface area contributed by atoms with Crippen molar-refractivity contribution in [2.75, 3.05) is 39.9 Å². The van der Waals surface area contributed by atoms with Crippen LogP contribution in [0.1, 0.15) is 17.3 Å². The van der Waals surface area contributed by atoms with E-state index in [0.717, 1.165) is 22.5 Å². The zero-order valence-corrected chi connectivity index (χ0v) is 18.6. The van der Waals surface area contributed by atoms with Gasteiger partial charge in [-0.3, -0.25) is 14.9 Å². The maximum Gasteiger partial charge on any atom is 0.286 e. The van der Waals surface area contributed by atoms with E-state index in [1.807, 2.05) is 0 Å².